The molecule has 0 radical (unpaired) electrons. The van der Waals surface area contributed by atoms with E-state index < -0.39 is 18.6 Å². The molecule has 0 bridgehead atoms. The highest BCUT2D eigenvalue weighted by Crippen LogP contribution is 2.28. The Hall–Kier alpha value is -3.40. The molecule has 216 valence electrons. The molecule has 3 aromatic rings. The average Bonchev–Trinajstić information content (AvgIpc) is 3.33. The number of carbonyl (C=O) groups is 2. The van der Waals surface area contributed by atoms with Crippen LogP contribution in [0.3, 0.4) is 0 Å². The van der Waals surface area contributed by atoms with Crippen molar-refractivity contribution >= 4 is 23.4 Å². The summed E-state index contributed by atoms with van der Waals surface area (Å²) < 4.78 is 7.75. The molecular weight excluding hydrogens is 530 g/mol. The van der Waals surface area contributed by atoms with Gasteiger partial charge in [0.05, 0.1) is 22.9 Å². The second kappa shape index (κ2) is 13.8. The number of hydrogen-bond donors (Lipinski definition) is 4. The SMILES string of the molecule is CC(C)Oc1ccc(C(=O)N[C@H](CNC(=O)CO)Cc2ccc(-c3cn(CCN)c(C(C)(C)C)n3)cc2)cc1Cl. The van der Waals surface area contributed by atoms with Gasteiger partial charge in [0, 0.05) is 42.4 Å². The van der Waals surface area contributed by atoms with Gasteiger partial charge < -0.3 is 30.8 Å². The number of halogens is 1. The van der Waals surface area contributed by atoms with Gasteiger partial charge in [0.15, 0.2) is 0 Å². The summed E-state index contributed by atoms with van der Waals surface area (Å²) in [6.07, 6.45) is 2.43. The number of benzene rings is 2. The minimum atomic E-state index is -0.629. The Morgan fingerprint density at radius 2 is 1.85 bits per heavy atom. The van der Waals surface area contributed by atoms with Crippen molar-refractivity contribution in [1.82, 2.24) is 20.2 Å². The van der Waals surface area contributed by atoms with E-state index in [0.717, 1.165) is 22.6 Å². The van der Waals surface area contributed by atoms with Crippen LogP contribution in [-0.4, -0.2) is 58.3 Å². The van der Waals surface area contributed by atoms with Gasteiger partial charge in [-0.1, -0.05) is 56.6 Å². The van der Waals surface area contributed by atoms with Crippen LogP contribution in [0, 0.1) is 0 Å². The maximum Gasteiger partial charge on any atom is 0.251 e. The highest BCUT2D eigenvalue weighted by atomic mass is 35.5. The Morgan fingerprint density at radius 3 is 2.42 bits per heavy atom. The monoisotopic (exact) mass is 569 g/mol. The summed E-state index contributed by atoms with van der Waals surface area (Å²) in [7, 11) is 0. The number of amides is 2. The summed E-state index contributed by atoms with van der Waals surface area (Å²) in [6.45, 7) is 10.9. The molecule has 10 heteroatoms. The zero-order valence-electron chi connectivity index (χ0n) is 23.8. The van der Waals surface area contributed by atoms with Gasteiger partial charge in [-0.15, -0.1) is 0 Å². The third-order valence-electron chi connectivity index (χ3n) is 6.13. The molecule has 2 aromatic carbocycles. The van der Waals surface area contributed by atoms with E-state index in [1.54, 1.807) is 18.2 Å². The van der Waals surface area contributed by atoms with Gasteiger partial charge >= 0.3 is 0 Å². The Bertz CT molecular complexity index is 1300. The first-order valence-electron chi connectivity index (χ1n) is 13.4. The highest BCUT2D eigenvalue weighted by molar-refractivity contribution is 6.32. The lowest BCUT2D eigenvalue weighted by molar-refractivity contribution is -0.123. The maximum atomic E-state index is 13.1. The van der Waals surface area contributed by atoms with E-state index >= 15 is 0 Å². The van der Waals surface area contributed by atoms with E-state index in [4.69, 9.17) is 32.2 Å². The second-order valence-corrected chi connectivity index (χ2v) is 11.4. The number of nitrogens with two attached hydrogens (primary N) is 1. The standard InChI is InChI=1S/C30H40ClN5O4/c1-19(2)40-26-11-10-22(15-24(26)31)28(39)34-23(16-33-27(38)18-37)14-20-6-8-21(9-7-20)25-17-36(13-12-32)29(35-25)30(3,4)5/h6-11,15,17,19,23,37H,12-14,16,18,32H2,1-5H3,(H,33,38)(H,34,39)/t23-/m0/s1. The molecule has 9 nitrogen and oxygen atoms in total. The minimum Gasteiger partial charge on any atom is -0.489 e. The van der Waals surface area contributed by atoms with E-state index in [0.29, 0.717) is 35.8 Å². The van der Waals surface area contributed by atoms with Crippen LogP contribution < -0.4 is 21.1 Å². The lowest BCUT2D eigenvalue weighted by Gasteiger charge is -2.20. The fourth-order valence-electron chi connectivity index (χ4n) is 4.29. The Balaban J connectivity index is 1.77. The van der Waals surface area contributed by atoms with Gasteiger partial charge in [0.2, 0.25) is 5.91 Å². The molecule has 1 heterocycles. The van der Waals surface area contributed by atoms with Crippen molar-refractivity contribution in [1.29, 1.82) is 0 Å². The Morgan fingerprint density at radius 1 is 1.15 bits per heavy atom. The molecule has 40 heavy (non-hydrogen) atoms. The number of ether oxygens (including phenoxy) is 1. The number of carbonyl (C=O) groups excluding carboxylic acids is 2. The van der Waals surface area contributed by atoms with Gasteiger partial charge in [-0.3, -0.25) is 9.59 Å². The number of nitrogens with zero attached hydrogens (tertiary/aromatic N) is 2. The van der Waals surface area contributed by atoms with E-state index in [1.807, 2.05) is 44.3 Å². The summed E-state index contributed by atoms with van der Waals surface area (Å²) >= 11 is 6.32. The summed E-state index contributed by atoms with van der Waals surface area (Å²) in [5, 5.41) is 15.1. The molecule has 0 saturated carbocycles. The van der Waals surface area contributed by atoms with Crippen molar-refractivity contribution in [2.45, 2.75) is 65.1 Å². The third-order valence-corrected chi connectivity index (χ3v) is 6.43. The molecule has 0 aliphatic rings. The molecule has 1 atom stereocenters. The van der Waals surface area contributed by atoms with Gasteiger partial charge in [-0.25, -0.2) is 4.98 Å². The Labute approximate surface area is 241 Å². The van der Waals surface area contributed by atoms with Crippen molar-refractivity contribution in [3.05, 3.63) is 70.6 Å². The van der Waals surface area contributed by atoms with Crippen LogP contribution >= 0.6 is 11.6 Å². The van der Waals surface area contributed by atoms with Crippen LogP contribution in [0.4, 0.5) is 0 Å². The largest absolute Gasteiger partial charge is 0.489 e. The van der Waals surface area contributed by atoms with E-state index in [1.165, 1.54) is 0 Å². The van der Waals surface area contributed by atoms with Crippen LogP contribution in [0.25, 0.3) is 11.3 Å². The zero-order chi connectivity index (χ0) is 29.4. The summed E-state index contributed by atoms with van der Waals surface area (Å²) in [5.41, 5.74) is 8.86. The van der Waals surface area contributed by atoms with Gasteiger partial charge in [-0.2, -0.15) is 0 Å². The molecule has 0 fully saturated rings. The third kappa shape index (κ3) is 8.55. The number of rotatable bonds is 12. The highest BCUT2D eigenvalue weighted by Gasteiger charge is 2.22. The molecule has 0 aliphatic heterocycles. The zero-order valence-corrected chi connectivity index (χ0v) is 24.6. The first kappa shape index (κ1) is 31.1. The quantitative estimate of drug-likeness (QED) is 0.263. The maximum absolute atomic E-state index is 13.1. The van der Waals surface area contributed by atoms with Crippen molar-refractivity contribution in [2.24, 2.45) is 5.73 Å². The lowest BCUT2D eigenvalue weighted by Crippen LogP contribution is -2.45. The summed E-state index contributed by atoms with van der Waals surface area (Å²) in [5.74, 6) is 0.624. The lowest BCUT2D eigenvalue weighted by atomic mass is 9.95. The first-order chi connectivity index (χ1) is 18.9. The molecule has 0 unspecified atom stereocenters. The molecule has 0 saturated heterocycles. The van der Waals surface area contributed by atoms with Crippen molar-refractivity contribution in [3.63, 3.8) is 0 Å². The fourth-order valence-corrected chi connectivity index (χ4v) is 4.51. The van der Waals surface area contributed by atoms with E-state index in [-0.39, 0.29) is 24.0 Å². The van der Waals surface area contributed by atoms with Crippen LogP contribution in [0.5, 0.6) is 5.75 Å². The van der Waals surface area contributed by atoms with Crippen molar-refractivity contribution in [2.75, 3.05) is 19.7 Å². The van der Waals surface area contributed by atoms with Crippen LogP contribution in [0.1, 0.15) is 56.4 Å². The fraction of sp³-hybridized carbons (Fsp3) is 0.433. The second-order valence-electron chi connectivity index (χ2n) is 11.0. The number of aliphatic hydroxyl groups is 1. The van der Waals surface area contributed by atoms with Gasteiger partial charge in [0.25, 0.3) is 5.91 Å². The molecule has 2 amide bonds. The van der Waals surface area contributed by atoms with Crippen molar-refractivity contribution in [3.8, 4) is 17.0 Å². The Kier molecular flexibility index (Phi) is 10.7. The normalized spacial score (nSPS) is 12.3. The molecule has 0 spiro atoms. The van der Waals surface area contributed by atoms with Gasteiger partial charge in [0.1, 0.15) is 18.2 Å². The average molecular weight is 570 g/mol. The molecule has 3 rings (SSSR count). The minimum absolute atomic E-state index is 0.0507. The number of nitrogens with one attached hydrogen (secondary N) is 2. The predicted octanol–water partition coefficient (Wildman–Crippen LogP) is 3.70. The van der Waals surface area contributed by atoms with Crippen molar-refractivity contribution < 1.29 is 19.4 Å². The predicted molar refractivity (Wildman–Crippen MR) is 158 cm³/mol. The van der Waals surface area contributed by atoms with E-state index in [2.05, 4.69) is 36.0 Å². The van der Waals surface area contributed by atoms with Crippen LogP contribution in [0.2, 0.25) is 5.02 Å². The summed E-state index contributed by atoms with van der Waals surface area (Å²) in [6, 6.07) is 12.4. The summed E-state index contributed by atoms with van der Waals surface area (Å²) in [4.78, 5) is 29.7. The van der Waals surface area contributed by atoms with Gasteiger partial charge in [-0.05, 0) is 44.0 Å². The van der Waals surface area contributed by atoms with E-state index in [9.17, 15) is 9.59 Å². The topological polar surface area (TPSA) is 132 Å². The molecule has 5 N–H and O–H groups in total. The smallest absolute Gasteiger partial charge is 0.251 e. The first-order valence-corrected chi connectivity index (χ1v) is 13.8. The number of hydrogen-bond acceptors (Lipinski definition) is 6. The molecule has 1 aromatic heterocycles. The number of imidazole rings is 1. The molecular formula is C30H40ClN5O4. The van der Waals surface area contributed by atoms with Crippen LogP contribution in [0.15, 0.2) is 48.7 Å². The van der Waals surface area contributed by atoms with Crippen LogP contribution in [-0.2, 0) is 23.2 Å². The molecule has 0 aliphatic carbocycles. The number of aromatic nitrogens is 2. The number of aliphatic hydroxyl groups excluding tert-OH is 1.